The van der Waals surface area contributed by atoms with E-state index in [4.69, 9.17) is 4.74 Å². The molecule has 25 heavy (non-hydrogen) atoms. The summed E-state index contributed by atoms with van der Waals surface area (Å²) >= 11 is 0. The van der Waals surface area contributed by atoms with Gasteiger partial charge in [0.05, 0.1) is 12.7 Å². The fraction of sp³-hybridized carbons (Fsp3) is 0.913. The number of allylic oxidation sites excluding steroid dienone is 1. The summed E-state index contributed by atoms with van der Waals surface area (Å²) in [5.41, 5.74) is 2.88. The van der Waals surface area contributed by atoms with Gasteiger partial charge in [0.1, 0.15) is 0 Å². The predicted octanol–water partition coefficient (Wildman–Crippen LogP) is 4.89. The number of ether oxygens (including phenoxy) is 1. The van der Waals surface area contributed by atoms with Crippen LogP contribution in [0.15, 0.2) is 11.6 Å². The van der Waals surface area contributed by atoms with Crippen molar-refractivity contribution in [3.05, 3.63) is 11.6 Å². The third-order valence-corrected chi connectivity index (χ3v) is 9.77. The Hall–Kier alpha value is -0.340. The summed E-state index contributed by atoms with van der Waals surface area (Å²) in [5.74, 6) is 3.70. The monoisotopic (exact) mass is 343 g/mol. The molecular formula is C23H37NO. The molecule has 1 heterocycles. The van der Waals surface area contributed by atoms with Gasteiger partial charge >= 0.3 is 0 Å². The minimum Gasteiger partial charge on any atom is -0.378 e. The van der Waals surface area contributed by atoms with Gasteiger partial charge in [-0.25, -0.2) is 0 Å². The Balaban J connectivity index is 1.45. The second-order valence-corrected chi connectivity index (χ2v) is 10.6. The van der Waals surface area contributed by atoms with Crippen LogP contribution in [-0.2, 0) is 4.74 Å². The van der Waals surface area contributed by atoms with E-state index in [1.807, 2.05) is 5.57 Å². The third-order valence-electron chi connectivity index (χ3n) is 9.77. The molecule has 1 saturated heterocycles. The van der Waals surface area contributed by atoms with Gasteiger partial charge in [0.25, 0.3) is 0 Å². The lowest BCUT2D eigenvalue weighted by molar-refractivity contribution is -0.0501. The van der Waals surface area contributed by atoms with Gasteiger partial charge < -0.3 is 9.64 Å². The highest BCUT2D eigenvalue weighted by Gasteiger charge is 2.63. The summed E-state index contributed by atoms with van der Waals surface area (Å²) in [6.45, 7) is 6.05. The zero-order chi connectivity index (χ0) is 17.4. The van der Waals surface area contributed by atoms with Crippen molar-refractivity contribution >= 4 is 0 Å². The zero-order valence-corrected chi connectivity index (χ0v) is 16.8. The van der Waals surface area contributed by atoms with E-state index in [0.717, 1.165) is 36.3 Å². The summed E-state index contributed by atoms with van der Waals surface area (Å²) in [7, 11) is 4.54. The average Bonchev–Trinajstić information content (AvgIpc) is 3.11. The molecule has 8 atom stereocenters. The van der Waals surface area contributed by atoms with Crippen LogP contribution in [0.5, 0.6) is 0 Å². The van der Waals surface area contributed by atoms with Gasteiger partial charge in [-0.05, 0) is 101 Å². The molecule has 0 bridgehead atoms. The number of hydrogen-bond donors (Lipinski definition) is 0. The minimum atomic E-state index is 0.500. The first-order chi connectivity index (χ1) is 12.0. The van der Waals surface area contributed by atoms with E-state index in [-0.39, 0.29) is 0 Å². The van der Waals surface area contributed by atoms with Crippen LogP contribution < -0.4 is 0 Å². The Kier molecular flexibility index (Phi) is 3.75. The molecule has 1 aliphatic heterocycles. The Bertz CT molecular complexity index is 583. The average molecular weight is 344 g/mol. The molecule has 5 rings (SSSR count). The normalized spacial score (nSPS) is 54.5. The Labute approximate surface area is 154 Å². The smallest absolute Gasteiger partial charge is 0.0581 e. The first kappa shape index (κ1) is 16.8. The molecule has 1 spiro atoms. The number of nitrogens with zero attached hydrogens (tertiary/aromatic N) is 1. The van der Waals surface area contributed by atoms with Crippen LogP contribution in [0.1, 0.15) is 65.2 Å². The standard InChI is InChI=1S/C23H37NO/c1-15-19-7-8-21-18-6-5-16-13-17(24(3)4)9-11-22(16,2)20(18)10-12-23(19,21)14-25-15/h5,15,17-21H,6-14H2,1-4H3. The quantitative estimate of drug-likeness (QED) is 0.628. The van der Waals surface area contributed by atoms with E-state index in [9.17, 15) is 0 Å². The zero-order valence-electron chi connectivity index (χ0n) is 16.8. The molecule has 140 valence electrons. The van der Waals surface area contributed by atoms with Crippen LogP contribution >= 0.6 is 0 Å². The highest BCUT2D eigenvalue weighted by Crippen LogP contribution is 2.68. The highest BCUT2D eigenvalue weighted by atomic mass is 16.5. The molecule has 8 unspecified atom stereocenters. The predicted molar refractivity (Wildman–Crippen MR) is 102 cm³/mol. The largest absolute Gasteiger partial charge is 0.378 e. The lowest BCUT2D eigenvalue weighted by Gasteiger charge is -2.58. The lowest BCUT2D eigenvalue weighted by atomic mass is 9.47. The van der Waals surface area contributed by atoms with E-state index in [0.29, 0.717) is 16.9 Å². The summed E-state index contributed by atoms with van der Waals surface area (Å²) < 4.78 is 6.21. The second-order valence-electron chi connectivity index (χ2n) is 10.6. The van der Waals surface area contributed by atoms with Gasteiger partial charge in [0.15, 0.2) is 0 Å². The number of fused-ring (bicyclic) bond motifs is 4. The minimum absolute atomic E-state index is 0.500. The maximum Gasteiger partial charge on any atom is 0.0581 e. The van der Waals surface area contributed by atoms with Crippen molar-refractivity contribution < 1.29 is 4.74 Å². The highest BCUT2D eigenvalue weighted by molar-refractivity contribution is 5.26. The van der Waals surface area contributed by atoms with Crippen molar-refractivity contribution in [3.63, 3.8) is 0 Å². The van der Waals surface area contributed by atoms with Crippen molar-refractivity contribution in [3.8, 4) is 0 Å². The SMILES string of the molecule is CC1OCC23CCC4C(CC=C5CC(N(C)C)CCC54C)C2CCC13. The van der Waals surface area contributed by atoms with Gasteiger partial charge in [-0.15, -0.1) is 0 Å². The van der Waals surface area contributed by atoms with Gasteiger partial charge in [-0.1, -0.05) is 18.6 Å². The Morgan fingerprint density at radius 1 is 1.04 bits per heavy atom. The summed E-state index contributed by atoms with van der Waals surface area (Å²) in [5, 5.41) is 0. The van der Waals surface area contributed by atoms with Crippen molar-refractivity contribution in [1.82, 2.24) is 4.90 Å². The van der Waals surface area contributed by atoms with Gasteiger partial charge in [0.2, 0.25) is 0 Å². The second kappa shape index (κ2) is 5.58. The van der Waals surface area contributed by atoms with Crippen molar-refractivity contribution in [1.29, 1.82) is 0 Å². The number of hydrogen-bond acceptors (Lipinski definition) is 2. The van der Waals surface area contributed by atoms with Gasteiger partial charge in [-0.2, -0.15) is 0 Å². The molecule has 0 N–H and O–H groups in total. The molecule has 0 aromatic heterocycles. The molecule has 4 fully saturated rings. The summed E-state index contributed by atoms with van der Waals surface area (Å²) in [6, 6.07) is 0.769. The van der Waals surface area contributed by atoms with Gasteiger partial charge in [-0.3, -0.25) is 0 Å². The van der Waals surface area contributed by atoms with E-state index in [1.54, 1.807) is 0 Å². The maximum absolute atomic E-state index is 6.21. The van der Waals surface area contributed by atoms with Crippen molar-refractivity contribution in [2.75, 3.05) is 20.7 Å². The number of rotatable bonds is 1. The Morgan fingerprint density at radius 3 is 2.64 bits per heavy atom. The Morgan fingerprint density at radius 2 is 1.84 bits per heavy atom. The molecule has 3 saturated carbocycles. The topological polar surface area (TPSA) is 12.5 Å². The molecule has 2 heteroatoms. The molecule has 2 nitrogen and oxygen atoms in total. The van der Waals surface area contributed by atoms with Crippen LogP contribution in [0.25, 0.3) is 0 Å². The molecule has 5 aliphatic rings. The summed E-state index contributed by atoms with van der Waals surface area (Å²) in [4.78, 5) is 2.46. The maximum atomic E-state index is 6.21. The van der Waals surface area contributed by atoms with Crippen molar-refractivity contribution in [2.45, 2.75) is 77.4 Å². The van der Waals surface area contributed by atoms with E-state index >= 15 is 0 Å². The molecular weight excluding hydrogens is 306 g/mol. The summed E-state index contributed by atoms with van der Waals surface area (Å²) in [6.07, 6.45) is 14.6. The van der Waals surface area contributed by atoms with Crippen LogP contribution in [-0.4, -0.2) is 37.7 Å². The van der Waals surface area contributed by atoms with E-state index in [1.165, 1.54) is 51.4 Å². The molecule has 4 aliphatic carbocycles. The van der Waals surface area contributed by atoms with Crippen LogP contribution in [0, 0.1) is 34.5 Å². The van der Waals surface area contributed by atoms with Crippen LogP contribution in [0.4, 0.5) is 0 Å². The fourth-order valence-corrected chi connectivity index (χ4v) is 8.32. The third kappa shape index (κ3) is 2.16. The van der Waals surface area contributed by atoms with Gasteiger partial charge in [0, 0.05) is 11.5 Å². The molecule has 0 aromatic rings. The first-order valence-corrected chi connectivity index (χ1v) is 10.9. The molecule has 0 amide bonds. The molecule has 0 aromatic carbocycles. The van der Waals surface area contributed by atoms with Crippen LogP contribution in [0.2, 0.25) is 0 Å². The lowest BCUT2D eigenvalue weighted by Crippen LogP contribution is -2.52. The van der Waals surface area contributed by atoms with Crippen LogP contribution in [0.3, 0.4) is 0 Å². The van der Waals surface area contributed by atoms with E-state index in [2.05, 4.69) is 38.9 Å². The fourth-order valence-electron chi connectivity index (χ4n) is 8.32. The van der Waals surface area contributed by atoms with Crippen molar-refractivity contribution in [2.24, 2.45) is 34.5 Å². The molecule has 0 radical (unpaired) electrons. The van der Waals surface area contributed by atoms with E-state index < -0.39 is 0 Å². The first-order valence-electron chi connectivity index (χ1n) is 10.9.